The van der Waals surface area contributed by atoms with E-state index >= 15 is 0 Å². The lowest BCUT2D eigenvalue weighted by molar-refractivity contribution is -0.384. The average molecular weight is 393 g/mol. The van der Waals surface area contributed by atoms with E-state index in [9.17, 15) is 15.4 Å². The topological polar surface area (TPSA) is 66.9 Å². The number of nitriles is 1. The first-order chi connectivity index (χ1) is 13.1. The Hall–Kier alpha value is -3.07. The summed E-state index contributed by atoms with van der Waals surface area (Å²) in [5.74, 6) is 0. The number of benzene rings is 3. The van der Waals surface area contributed by atoms with Crippen molar-refractivity contribution < 1.29 is 4.92 Å². The molecule has 0 heterocycles. The van der Waals surface area contributed by atoms with Gasteiger partial charge in [0.25, 0.3) is 5.69 Å². The van der Waals surface area contributed by atoms with Gasteiger partial charge in [0.2, 0.25) is 0 Å². The maximum atomic E-state index is 11.0. The van der Waals surface area contributed by atoms with Gasteiger partial charge >= 0.3 is 0 Å². The number of halogens is 1. The number of nitro benzene ring substituents is 1. The maximum Gasteiger partial charge on any atom is 0.270 e. The fraction of sp³-hybridized carbons (Fsp3) is 0. The third kappa shape index (κ3) is 4.76. The Morgan fingerprint density at radius 1 is 1.07 bits per heavy atom. The monoisotopic (exact) mass is 392 g/mol. The first-order valence-corrected chi connectivity index (χ1v) is 9.15. The lowest BCUT2D eigenvalue weighted by Crippen LogP contribution is -1.90. The van der Waals surface area contributed by atoms with Crippen molar-refractivity contribution in [2.24, 2.45) is 0 Å². The summed E-state index contributed by atoms with van der Waals surface area (Å²) in [6, 6.07) is 23.4. The molecule has 0 atom stereocenters. The fourth-order valence-electron chi connectivity index (χ4n) is 2.44. The normalized spacial score (nSPS) is 11.0. The summed E-state index contributed by atoms with van der Waals surface area (Å²) in [6.07, 6.45) is 1.75. The van der Waals surface area contributed by atoms with E-state index < -0.39 is 4.92 Å². The van der Waals surface area contributed by atoms with Crippen LogP contribution in [0.3, 0.4) is 0 Å². The molecule has 6 heteroatoms. The molecule has 3 aromatic carbocycles. The zero-order chi connectivity index (χ0) is 19.2. The second-order valence-corrected chi connectivity index (χ2v) is 7.12. The molecule has 0 saturated carbocycles. The highest BCUT2D eigenvalue weighted by atomic mass is 35.5. The molecule has 0 fully saturated rings. The SMILES string of the molecule is N#C/C(=C\c1ccccc1Sc1ccc(Cl)cc1)c1cccc([N+](=O)[O-])c1. The number of rotatable bonds is 5. The first kappa shape index (κ1) is 18.7. The van der Waals surface area contributed by atoms with E-state index in [1.54, 1.807) is 30.0 Å². The highest BCUT2D eigenvalue weighted by Gasteiger charge is 2.10. The third-order valence-electron chi connectivity index (χ3n) is 3.75. The van der Waals surface area contributed by atoms with Crippen LogP contribution in [-0.2, 0) is 0 Å². The molecule has 0 amide bonds. The van der Waals surface area contributed by atoms with Crippen LogP contribution in [0.4, 0.5) is 5.69 Å². The van der Waals surface area contributed by atoms with Gasteiger partial charge in [-0.25, -0.2) is 0 Å². The summed E-state index contributed by atoms with van der Waals surface area (Å²) in [5, 5.41) is 21.2. The second kappa shape index (κ2) is 8.54. The van der Waals surface area contributed by atoms with Crippen LogP contribution < -0.4 is 0 Å². The molecule has 0 aliphatic heterocycles. The summed E-state index contributed by atoms with van der Waals surface area (Å²) in [5.41, 5.74) is 1.69. The number of nitro groups is 1. The van der Waals surface area contributed by atoms with E-state index in [0.29, 0.717) is 16.2 Å². The molecule has 0 saturated heterocycles. The van der Waals surface area contributed by atoms with E-state index in [1.807, 2.05) is 48.5 Å². The summed E-state index contributed by atoms with van der Waals surface area (Å²) in [7, 11) is 0. The highest BCUT2D eigenvalue weighted by Crippen LogP contribution is 2.33. The molecule has 3 rings (SSSR count). The van der Waals surface area contributed by atoms with Gasteiger partial charge in [-0.2, -0.15) is 5.26 Å². The minimum absolute atomic E-state index is 0.0440. The van der Waals surface area contributed by atoms with Crippen molar-refractivity contribution in [3.05, 3.63) is 99.1 Å². The van der Waals surface area contributed by atoms with Crippen molar-refractivity contribution in [3.63, 3.8) is 0 Å². The van der Waals surface area contributed by atoms with E-state index in [2.05, 4.69) is 6.07 Å². The lowest BCUT2D eigenvalue weighted by Gasteiger charge is -2.07. The molecule has 0 aliphatic rings. The van der Waals surface area contributed by atoms with Crippen molar-refractivity contribution in [3.8, 4) is 6.07 Å². The minimum Gasteiger partial charge on any atom is -0.258 e. The first-order valence-electron chi connectivity index (χ1n) is 7.96. The van der Waals surface area contributed by atoms with Crippen LogP contribution in [0.1, 0.15) is 11.1 Å². The summed E-state index contributed by atoms with van der Waals surface area (Å²) in [6.45, 7) is 0. The molecule has 0 spiro atoms. The quantitative estimate of drug-likeness (QED) is 0.216. The zero-order valence-electron chi connectivity index (χ0n) is 14.0. The van der Waals surface area contributed by atoms with Gasteiger partial charge < -0.3 is 0 Å². The van der Waals surface area contributed by atoms with Crippen LogP contribution in [0.15, 0.2) is 82.6 Å². The molecule has 0 N–H and O–H groups in total. The average Bonchev–Trinajstić information content (AvgIpc) is 2.69. The molecular formula is C21H13ClN2O2S. The van der Waals surface area contributed by atoms with Crippen molar-refractivity contribution in [1.29, 1.82) is 5.26 Å². The summed E-state index contributed by atoms with van der Waals surface area (Å²) >= 11 is 7.49. The standard InChI is InChI=1S/C21H13ClN2O2S/c22-18-8-10-20(11-9-18)27-21-7-2-1-4-16(21)12-17(14-23)15-5-3-6-19(13-15)24(25)26/h1-13H/b17-12+. The van der Waals surface area contributed by atoms with Gasteiger partial charge in [0.1, 0.15) is 0 Å². The van der Waals surface area contributed by atoms with E-state index in [0.717, 1.165) is 15.4 Å². The largest absolute Gasteiger partial charge is 0.270 e. The van der Waals surface area contributed by atoms with Crippen LogP contribution in [0.2, 0.25) is 5.02 Å². The van der Waals surface area contributed by atoms with Gasteiger partial charge in [0.05, 0.1) is 16.6 Å². The Bertz CT molecular complexity index is 1060. The van der Waals surface area contributed by atoms with Crippen LogP contribution in [0, 0.1) is 21.4 Å². The number of hydrogen-bond donors (Lipinski definition) is 0. The van der Waals surface area contributed by atoms with Gasteiger partial charge in [0, 0.05) is 26.9 Å². The summed E-state index contributed by atoms with van der Waals surface area (Å²) in [4.78, 5) is 12.5. The van der Waals surface area contributed by atoms with Gasteiger partial charge in [-0.1, -0.05) is 53.7 Å². The molecule has 132 valence electrons. The second-order valence-electron chi connectivity index (χ2n) is 5.57. The maximum absolute atomic E-state index is 11.0. The van der Waals surface area contributed by atoms with E-state index in [4.69, 9.17) is 11.6 Å². The van der Waals surface area contributed by atoms with E-state index in [1.165, 1.54) is 12.1 Å². The Morgan fingerprint density at radius 3 is 2.52 bits per heavy atom. The summed E-state index contributed by atoms with van der Waals surface area (Å²) < 4.78 is 0. The number of allylic oxidation sites excluding steroid dienone is 1. The predicted octanol–water partition coefficient (Wildman–Crippen LogP) is 6.46. The molecule has 0 radical (unpaired) electrons. The Morgan fingerprint density at radius 2 is 1.81 bits per heavy atom. The molecule has 0 bridgehead atoms. The Balaban J connectivity index is 1.98. The fourth-order valence-corrected chi connectivity index (χ4v) is 3.49. The van der Waals surface area contributed by atoms with Crippen LogP contribution in [0.25, 0.3) is 11.6 Å². The number of hydrogen-bond acceptors (Lipinski definition) is 4. The van der Waals surface area contributed by atoms with Crippen molar-refractivity contribution >= 4 is 40.7 Å². The molecule has 4 nitrogen and oxygen atoms in total. The van der Waals surface area contributed by atoms with Gasteiger partial charge in [-0.05, 0) is 47.5 Å². The van der Waals surface area contributed by atoms with Crippen molar-refractivity contribution in [2.75, 3.05) is 0 Å². The third-order valence-corrected chi connectivity index (χ3v) is 5.10. The van der Waals surface area contributed by atoms with Gasteiger partial charge in [0.15, 0.2) is 0 Å². The molecule has 3 aromatic rings. The molecule has 0 aromatic heterocycles. The minimum atomic E-state index is -0.469. The molecular weight excluding hydrogens is 380 g/mol. The molecule has 0 unspecified atom stereocenters. The Labute approximate surface area is 165 Å². The van der Waals surface area contributed by atoms with Gasteiger partial charge in [-0.15, -0.1) is 0 Å². The van der Waals surface area contributed by atoms with Crippen LogP contribution in [-0.4, -0.2) is 4.92 Å². The van der Waals surface area contributed by atoms with Crippen LogP contribution in [0.5, 0.6) is 0 Å². The van der Waals surface area contributed by atoms with Crippen LogP contribution >= 0.6 is 23.4 Å². The highest BCUT2D eigenvalue weighted by molar-refractivity contribution is 7.99. The molecule has 0 aliphatic carbocycles. The van der Waals surface area contributed by atoms with Crippen molar-refractivity contribution in [2.45, 2.75) is 9.79 Å². The van der Waals surface area contributed by atoms with Crippen molar-refractivity contribution in [1.82, 2.24) is 0 Å². The predicted molar refractivity (Wildman–Crippen MR) is 109 cm³/mol. The number of non-ortho nitro benzene ring substituents is 1. The molecule has 27 heavy (non-hydrogen) atoms. The van der Waals surface area contributed by atoms with Gasteiger partial charge in [-0.3, -0.25) is 10.1 Å². The zero-order valence-corrected chi connectivity index (χ0v) is 15.6. The number of nitrogens with zero attached hydrogens (tertiary/aromatic N) is 2. The Kier molecular flexibility index (Phi) is 5.92. The lowest BCUT2D eigenvalue weighted by atomic mass is 10.0. The van der Waals surface area contributed by atoms with E-state index in [-0.39, 0.29) is 5.69 Å². The smallest absolute Gasteiger partial charge is 0.258 e.